The van der Waals surface area contributed by atoms with Gasteiger partial charge in [-0.2, -0.15) is 0 Å². The first-order chi connectivity index (χ1) is 18.8. The standard InChI is InChI=1S/C30H32Cl2F2N2O3/c1-38-35-29(20-39-19-22-7-9-24(33)18-28(22)34)25(21-8-10-26(31)27(32)17-21)11-14-36-15-12-30(37,13-16-36)23-5-3-2-4-6-23/h2-10,17-18,25,37H,11-16,19-20H2,1H3. The Morgan fingerprint density at radius 3 is 2.44 bits per heavy atom. The fourth-order valence-electron chi connectivity index (χ4n) is 4.96. The smallest absolute Gasteiger partial charge is 0.131 e. The molecule has 0 spiro atoms. The number of rotatable bonds is 11. The maximum absolute atomic E-state index is 14.1. The normalized spacial score (nSPS) is 16.7. The Morgan fingerprint density at radius 1 is 1.03 bits per heavy atom. The van der Waals surface area contributed by atoms with E-state index in [2.05, 4.69) is 10.1 Å². The summed E-state index contributed by atoms with van der Waals surface area (Å²) in [6, 6.07) is 18.6. The first kappa shape index (κ1) is 29.4. The van der Waals surface area contributed by atoms with Crippen LogP contribution in [-0.4, -0.2) is 49.1 Å². The molecule has 0 bridgehead atoms. The van der Waals surface area contributed by atoms with Crippen LogP contribution in [0.3, 0.4) is 0 Å². The van der Waals surface area contributed by atoms with Gasteiger partial charge in [-0.05, 0) is 55.1 Å². The van der Waals surface area contributed by atoms with Gasteiger partial charge in [0, 0.05) is 30.6 Å². The highest BCUT2D eigenvalue weighted by molar-refractivity contribution is 6.42. The van der Waals surface area contributed by atoms with Crippen molar-refractivity contribution in [3.63, 3.8) is 0 Å². The van der Waals surface area contributed by atoms with Crippen molar-refractivity contribution < 1.29 is 23.5 Å². The number of nitrogens with zero attached hydrogens (tertiary/aromatic N) is 2. The highest BCUT2D eigenvalue weighted by Gasteiger charge is 2.34. The highest BCUT2D eigenvalue weighted by Crippen LogP contribution is 2.34. The minimum atomic E-state index is -0.826. The molecule has 9 heteroatoms. The quantitative estimate of drug-likeness (QED) is 0.198. The van der Waals surface area contributed by atoms with Crippen molar-refractivity contribution in [1.82, 2.24) is 4.90 Å². The summed E-state index contributed by atoms with van der Waals surface area (Å²) in [7, 11) is 1.46. The third-order valence-corrected chi connectivity index (χ3v) is 7.95. The van der Waals surface area contributed by atoms with Crippen molar-refractivity contribution in [2.45, 2.75) is 37.4 Å². The van der Waals surface area contributed by atoms with Crippen LogP contribution in [0.25, 0.3) is 0 Å². The zero-order chi connectivity index (χ0) is 27.8. The molecule has 0 aromatic heterocycles. The van der Waals surface area contributed by atoms with Crippen LogP contribution in [0.2, 0.25) is 10.0 Å². The molecule has 1 atom stereocenters. The zero-order valence-corrected chi connectivity index (χ0v) is 23.3. The lowest BCUT2D eigenvalue weighted by Gasteiger charge is -2.39. The Labute approximate surface area is 237 Å². The molecule has 4 rings (SSSR count). The summed E-state index contributed by atoms with van der Waals surface area (Å²) in [6.45, 7) is 2.26. The monoisotopic (exact) mass is 576 g/mol. The largest absolute Gasteiger partial charge is 0.399 e. The van der Waals surface area contributed by atoms with Gasteiger partial charge in [0.1, 0.15) is 18.7 Å². The van der Waals surface area contributed by atoms with Crippen LogP contribution in [0.5, 0.6) is 0 Å². The van der Waals surface area contributed by atoms with Gasteiger partial charge in [0.2, 0.25) is 0 Å². The van der Waals surface area contributed by atoms with E-state index in [0.29, 0.717) is 35.0 Å². The van der Waals surface area contributed by atoms with Crippen LogP contribution in [0.4, 0.5) is 8.78 Å². The second kappa shape index (κ2) is 13.7. The van der Waals surface area contributed by atoms with Gasteiger partial charge in [0.15, 0.2) is 0 Å². The number of oxime groups is 1. The van der Waals surface area contributed by atoms with Gasteiger partial charge in [-0.3, -0.25) is 0 Å². The molecule has 3 aromatic rings. The van der Waals surface area contributed by atoms with E-state index in [1.165, 1.54) is 19.2 Å². The van der Waals surface area contributed by atoms with Crippen molar-refractivity contribution in [1.29, 1.82) is 0 Å². The first-order valence-electron chi connectivity index (χ1n) is 12.9. The molecule has 1 unspecified atom stereocenters. The van der Waals surface area contributed by atoms with Gasteiger partial charge >= 0.3 is 0 Å². The molecule has 208 valence electrons. The van der Waals surface area contributed by atoms with Crippen LogP contribution in [0, 0.1) is 11.6 Å². The van der Waals surface area contributed by atoms with E-state index in [4.69, 9.17) is 32.8 Å². The zero-order valence-electron chi connectivity index (χ0n) is 21.8. The summed E-state index contributed by atoms with van der Waals surface area (Å²) in [6.07, 6.45) is 1.96. The molecule has 0 saturated carbocycles. The lowest BCUT2D eigenvalue weighted by molar-refractivity contribution is -0.0261. The number of hydrogen-bond donors (Lipinski definition) is 1. The molecular formula is C30H32Cl2F2N2O3. The third-order valence-electron chi connectivity index (χ3n) is 7.21. The molecule has 5 nitrogen and oxygen atoms in total. The molecule has 1 aliphatic heterocycles. The van der Waals surface area contributed by atoms with Gasteiger partial charge in [0.05, 0.1) is 34.6 Å². The molecule has 1 heterocycles. The number of aliphatic hydroxyl groups is 1. The van der Waals surface area contributed by atoms with Crippen molar-refractivity contribution >= 4 is 28.9 Å². The summed E-state index contributed by atoms with van der Waals surface area (Å²) in [5, 5.41) is 16.3. The molecule has 1 fully saturated rings. The van der Waals surface area contributed by atoms with Crippen molar-refractivity contribution in [3.05, 3.63) is 105 Å². The second-order valence-corrected chi connectivity index (χ2v) is 10.6. The van der Waals surface area contributed by atoms with Crippen LogP contribution < -0.4 is 0 Å². The molecular weight excluding hydrogens is 545 g/mol. The summed E-state index contributed by atoms with van der Waals surface area (Å²) < 4.78 is 33.2. The number of likely N-dealkylation sites (tertiary alicyclic amines) is 1. The Morgan fingerprint density at radius 2 is 1.77 bits per heavy atom. The second-order valence-electron chi connectivity index (χ2n) is 9.75. The molecule has 0 radical (unpaired) electrons. The van der Waals surface area contributed by atoms with Gasteiger partial charge in [-0.25, -0.2) is 8.78 Å². The Balaban J connectivity index is 1.45. The van der Waals surface area contributed by atoms with E-state index in [0.717, 1.165) is 36.8 Å². The van der Waals surface area contributed by atoms with E-state index in [1.807, 2.05) is 42.5 Å². The lowest BCUT2D eigenvalue weighted by Crippen LogP contribution is -2.43. The summed E-state index contributed by atoms with van der Waals surface area (Å²) in [5.74, 6) is -1.52. The van der Waals surface area contributed by atoms with Gasteiger partial charge < -0.3 is 19.6 Å². The van der Waals surface area contributed by atoms with E-state index in [9.17, 15) is 13.9 Å². The van der Waals surface area contributed by atoms with E-state index in [1.54, 1.807) is 6.07 Å². The SMILES string of the molecule is CON=C(COCc1ccc(F)cc1F)C(CCN1CCC(O)(c2ccccc2)CC1)c1ccc(Cl)c(Cl)c1. The Hall–Kier alpha value is -2.55. The predicted molar refractivity (Wildman–Crippen MR) is 150 cm³/mol. The van der Waals surface area contributed by atoms with Crippen LogP contribution in [0.15, 0.2) is 71.9 Å². The molecule has 1 N–H and O–H groups in total. The lowest BCUT2D eigenvalue weighted by atomic mass is 9.84. The minimum absolute atomic E-state index is 0.0485. The number of halogens is 4. The van der Waals surface area contributed by atoms with Gasteiger partial charge in [-0.15, -0.1) is 0 Å². The first-order valence-corrected chi connectivity index (χ1v) is 13.6. The molecule has 0 amide bonds. The summed E-state index contributed by atoms with van der Waals surface area (Å²) in [5.41, 5.74) is 1.87. The van der Waals surface area contributed by atoms with Crippen LogP contribution in [-0.2, 0) is 21.8 Å². The average Bonchev–Trinajstić information content (AvgIpc) is 2.93. The van der Waals surface area contributed by atoms with E-state index >= 15 is 0 Å². The molecule has 1 saturated heterocycles. The van der Waals surface area contributed by atoms with Crippen molar-refractivity contribution in [2.75, 3.05) is 33.4 Å². The Bertz CT molecular complexity index is 1270. The fraction of sp³-hybridized carbons (Fsp3) is 0.367. The van der Waals surface area contributed by atoms with Crippen LogP contribution >= 0.6 is 23.2 Å². The summed E-state index contributed by atoms with van der Waals surface area (Å²) in [4.78, 5) is 7.47. The predicted octanol–water partition coefficient (Wildman–Crippen LogP) is 6.95. The number of hydrogen-bond acceptors (Lipinski definition) is 5. The van der Waals surface area contributed by atoms with Crippen molar-refractivity contribution in [2.24, 2.45) is 5.16 Å². The van der Waals surface area contributed by atoms with E-state index < -0.39 is 17.2 Å². The summed E-state index contributed by atoms with van der Waals surface area (Å²) >= 11 is 12.5. The van der Waals surface area contributed by atoms with Crippen molar-refractivity contribution in [3.8, 4) is 0 Å². The number of piperidine rings is 1. The topological polar surface area (TPSA) is 54.3 Å². The third kappa shape index (κ3) is 7.77. The Kier molecular flexibility index (Phi) is 10.3. The van der Waals surface area contributed by atoms with E-state index in [-0.39, 0.29) is 24.7 Å². The molecule has 1 aliphatic rings. The average molecular weight is 577 g/mol. The van der Waals surface area contributed by atoms with Crippen LogP contribution in [0.1, 0.15) is 41.9 Å². The molecule has 39 heavy (non-hydrogen) atoms. The van der Waals surface area contributed by atoms with Gasteiger partial charge in [0.25, 0.3) is 0 Å². The maximum atomic E-state index is 14.1. The molecule has 0 aliphatic carbocycles. The highest BCUT2D eigenvalue weighted by atomic mass is 35.5. The number of benzene rings is 3. The maximum Gasteiger partial charge on any atom is 0.131 e. The minimum Gasteiger partial charge on any atom is -0.399 e. The number of ether oxygens (including phenoxy) is 1. The fourth-order valence-corrected chi connectivity index (χ4v) is 5.27. The van der Waals surface area contributed by atoms with Gasteiger partial charge in [-0.1, -0.05) is 70.8 Å². The molecule has 3 aromatic carbocycles.